The van der Waals surface area contributed by atoms with E-state index in [0.717, 1.165) is 24.3 Å². The molecule has 1 atom stereocenters. The third kappa shape index (κ3) is 4.65. The number of methoxy groups -OCH3 is 3. The molecule has 0 spiro atoms. The van der Waals surface area contributed by atoms with Crippen LogP contribution in [0.2, 0.25) is 0 Å². The van der Waals surface area contributed by atoms with Gasteiger partial charge in [0.15, 0.2) is 11.5 Å². The van der Waals surface area contributed by atoms with Gasteiger partial charge in [-0.25, -0.2) is 0 Å². The molecule has 0 heterocycles. The van der Waals surface area contributed by atoms with E-state index in [1.165, 1.54) is 0 Å². The molecule has 0 saturated heterocycles. The Morgan fingerprint density at radius 2 is 1.71 bits per heavy atom. The summed E-state index contributed by atoms with van der Waals surface area (Å²) in [6, 6.07) is 3.74. The third-order valence-electron chi connectivity index (χ3n) is 3.28. The van der Waals surface area contributed by atoms with E-state index >= 15 is 0 Å². The van der Waals surface area contributed by atoms with Crippen molar-refractivity contribution in [2.45, 2.75) is 19.4 Å². The molecule has 1 aromatic rings. The largest absolute Gasteiger partial charge is 0.496 e. The number of allylic oxidation sites excluding steroid dienone is 1. The maximum atomic E-state index is 5.90. The second-order valence-corrected chi connectivity index (χ2v) is 4.55. The van der Waals surface area contributed by atoms with Gasteiger partial charge in [-0.1, -0.05) is 12.2 Å². The van der Waals surface area contributed by atoms with Crippen molar-refractivity contribution in [2.24, 2.45) is 5.73 Å². The molecule has 0 fully saturated rings. The van der Waals surface area contributed by atoms with Gasteiger partial charge in [0, 0.05) is 24.2 Å². The Kier molecular flexibility index (Phi) is 7.64. The zero-order valence-electron chi connectivity index (χ0n) is 13.3. The van der Waals surface area contributed by atoms with Crippen LogP contribution in [0.15, 0.2) is 24.3 Å². The van der Waals surface area contributed by atoms with Crippen molar-refractivity contribution >= 4 is 0 Å². The summed E-state index contributed by atoms with van der Waals surface area (Å²) in [7, 11) is 4.86. The average Bonchev–Trinajstić information content (AvgIpc) is 2.53. The van der Waals surface area contributed by atoms with Crippen LogP contribution in [0.3, 0.4) is 0 Å². The summed E-state index contributed by atoms with van der Waals surface area (Å²) in [6.45, 7) is 3.34. The topological polar surface area (TPSA) is 65.7 Å². The van der Waals surface area contributed by atoms with Crippen molar-refractivity contribution < 1.29 is 14.2 Å². The summed E-state index contributed by atoms with van der Waals surface area (Å²) in [4.78, 5) is 0. The van der Waals surface area contributed by atoms with Gasteiger partial charge in [0.05, 0.1) is 21.3 Å². The molecule has 3 N–H and O–H groups in total. The lowest BCUT2D eigenvalue weighted by Crippen LogP contribution is -2.29. The highest BCUT2D eigenvalue weighted by Gasteiger charge is 2.18. The Hall–Kier alpha value is -1.72. The minimum absolute atomic E-state index is 0.00464. The molecule has 0 aromatic heterocycles. The summed E-state index contributed by atoms with van der Waals surface area (Å²) in [5, 5.41) is 3.43. The fourth-order valence-electron chi connectivity index (χ4n) is 2.15. The number of nitrogens with two attached hydrogens (primary N) is 1. The molecular formula is C16H26N2O3. The molecule has 5 nitrogen and oxygen atoms in total. The summed E-state index contributed by atoms with van der Waals surface area (Å²) < 4.78 is 16.1. The van der Waals surface area contributed by atoms with E-state index in [2.05, 4.69) is 11.4 Å². The zero-order valence-corrected chi connectivity index (χ0v) is 13.3. The fraction of sp³-hybridized carbons (Fsp3) is 0.500. The van der Waals surface area contributed by atoms with Crippen molar-refractivity contribution in [3.05, 3.63) is 29.8 Å². The van der Waals surface area contributed by atoms with E-state index in [1.54, 1.807) is 21.3 Å². The minimum Gasteiger partial charge on any atom is -0.496 e. The minimum atomic E-state index is 0.00464. The molecule has 1 unspecified atom stereocenters. The van der Waals surface area contributed by atoms with Crippen molar-refractivity contribution in [1.29, 1.82) is 0 Å². The van der Waals surface area contributed by atoms with Gasteiger partial charge in [-0.3, -0.25) is 0 Å². The maximum Gasteiger partial charge on any atom is 0.164 e. The van der Waals surface area contributed by atoms with Gasteiger partial charge in [0.2, 0.25) is 0 Å². The summed E-state index contributed by atoms with van der Waals surface area (Å²) in [6.07, 6.45) is 5.12. The first-order chi connectivity index (χ1) is 10.2. The first kappa shape index (κ1) is 17.3. The molecule has 0 bridgehead atoms. The van der Waals surface area contributed by atoms with Crippen LogP contribution < -0.4 is 25.3 Å². The van der Waals surface area contributed by atoms with Crippen LogP contribution in [0.25, 0.3) is 0 Å². The van der Waals surface area contributed by atoms with Crippen LogP contribution in [0.4, 0.5) is 0 Å². The monoisotopic (exact) mass is 294 g/mol. The number of hydrogen-bond donors (Lipinski definition) is 2. The van der Waals surface area contributed by atoms with Crippen molar-refractivity contribution in [3.8, 4) is 17.2 Å². The van der Waals surface area contributed by atoms with E-state index < -0.39 is 0 Å². The maximum absolute atomic E-state index is 5.90. The smallest absolute Gasteiger partial charge is 0.164 e. The third-order valence-corrected chi connectivity index (χ3v) is 3.28. The second-order valence-electron chi connectivity index (χ2n) is 4.55. The van der Waals surface area contributed by atoms with Gasteiger partial charge in [0.25, 0.3) is 0 Å². The van der Waals surface area contributed by atoms with Gasteiger partial charge in [-0.15, -0.1) is 0 Å². The van der Waals surface area contributed by atoms with Crippen molar-refractivity contribution in [2.75, 3.05) is 34.4 Å². The SMILES string of the molecule is C/C=C/CCNC(CN)c1cc(OC)c(OC)cc1OC. The van der Waals surface area contributed by atoms with Crippen LogP contribution >= 0.6 is 0 Å². The Bertz CT molecular complexity index is 461. The molecule has 0 aliphatic heterocycles. The lowest BCUT2D eigenvalue weighted by atomic mass is 10.0. The zero-order chi connectivity index (χ0) is 15.7. The Morgan fingerprint density at radius 3 is 2.24 bits per heavy atom. The highest BCUT2D eigenvalue weighted by molar-refractivity contribution is 5.52. The first-order valence-corrected chi connectivity index (χ1v) is 7.06. The quantitative estimate of drug-likeness (QED) is 0.540. The molecular weight excluding hydrogens is 268 g/mol. The lowest BCUT2D eigenvalue weighted by molar-refractivity contribution is 0.345. The number of nitrogens with one attached hydrogen (secondary N) is 1. The van der Waals surface area contributed by atoms with Crippen LogP contribution in [-0.4, -0.2) is 34.4 Å². The van der Waals surface area contributed by atoms with Gasteiger partial charge < -0.3 is 25.3 Å². The number of hydrogen-bond acceptors (Lipinski definition) is 5. The molecule has 1 aromatic carbocycles. The molecule has 5 heteroatoms. The van der Waals surface area contributed by atoms with Gasteiger partial charge in [0.1, 0.15) is 5.75 Å². The molecule has 118 valence electrons. The van der Waals surface area contributed by atoms with Crippen LogP contribution in [0.1, 0.15) is 24.9 Å². The molecule has 0 radical (unpaired) electrons. The van der Waals surface area contributed by atoms with E-state index in [0.29, 0.717) is 18.0 Å². The van der Waals surface area contributed by atoms with Crippen molar-refractivity contribution in [1.82, 2.24) is 5.32 Å². The normalized spacial score (nSPS) is 12.4. The first-order valence-electron chi connectivity index (χ1n) is 7.06. The predicted octanol–water partition coefficient (Wildman–Crippen LogP) is 2.27. The Morgan fingerprint density at radius 1 is 1.10 bits per heavy atom. The van der Waals surface area contributed by atoms with Crippen LogP contribution in [0.5, 0.6) is 17.2 Å². The van der Waals surface area contributed by atoms with Crippen LogP contribution in [-0.2, 0) is 0 Å². The average molecular weight is 294 g/mol. The molecule has 0 amide bonds. The Balaban J connectivity index is 3.00. The summed E-state index contributed by atoms with van der Waals surface area (Å²) >= 11 is 0. The standard InChI is InChI=1S/C16H26N2O3/c1-5-6-7-8-18-13(11-17)12-9-15(20-3)16(21-4)10-14(12)19-2/h5-6,9-10,13,18H,7-8,11,17H2,1-4H3/b6-5+. The predicted molar refractivity (Wildman–Crippen MR) is 85.3 cm³/mol. The molecule has 0 aliphatic carbocycles. The van der Waals surface area contributed by atoms with Crippen LogP contribution in [0, 0.1) is 0 Å². The molecule has 1 rings (SSSR count). The van der Waals surface area contributed by atoms with E-state index in [4.69, 9.17) is 19.9 Å². The summed E-state index contributed by atoms with van der Waals surface area (Å²) in [5.74, 6) is 2.05. The van der Waals surface area contributed by atoms with E-state index in [9.17, 15) is 0 Å². The second kappa shape index (κ2) is 9.26. The number of rotatable bonds is 9. The lowest BCUT2D eigenvalue weighted by Gasteiger charge is -2.21. The number of benzene rings is 1. The number of ether oxygens (including phenoxy) is 3. The summed E-state index contributed by atoms with van der Waals surface area (Å²) in [5.41, 5.74) is 6.87. The fourth-order valence-corrected chi connectivity index (χ4v) is 2.15. The van der Waals surface area contributed by atoms with E-state index in [-0.39, 0.29) is 6.04 Å². The highest BCUT2D eigenvalue weighted by Crippen LogP contribution is 2.37. The molecule has 0 aliphatic rings. The Labute approximate surface area is 127 Å². The van der Waals surface area contributed by atoms with Gasteiger partial charge in [-0.05, 0) is 26.0 Å². The van der Waals surface area contributed by atoms with E-state index in [1.807, 2.05) is 25.1 Å². The van der Waals surface area contributed by atoms with Crippen molar-refractivity contribution in [3.63, 3.8) is 0 Å². The molecule has 21 heavy (non-hydrogen) atoms. The van der Waals surface area contributed by atoms with Gasteiger partial charge in [-0.2, -0.15) is 0 Å². The molecule has 0 saturated carbocycles. The highest BCUT2D eigenvalue weighted by atomic mass is 16.5. The van der Waals surface area contributed by atoms with Gasteiger partial charge >= 0.3 is 0 Å².